The van der Waals surface area contributed by atoms with E-state index >= 15 is 0 Å². The van der Waals surface area contributed by atoms with Gasteiger partial charge in [0.25, 0.3) is 0 Å². The standard InChI is InChI=1S/C10H23NO2/c1-4-6-9(3)11-7-10(12)8-13-5-2/h9-12H,4-8H2,1-3H3. The molecule has 3 heteroatoms. The number of aliphatic hydroxyl groups excluding tert-OH is 1. The van der Waals surface area contributed by atoms with Crippen molar-refractivity contribution in [2.24, 2.45) is 0 Å². The maximum absolute atomic E-state index is 9.41. The Hall–Kier alpha value is -0.120. The zero-order valence-electron chi connectivity index (χ0n) is 9.05. The van der Waals surface area contributed by atoms with Crippen molar-refractivity contribution < 1.29 is 9.84 Å². The van der Waals surface area contributed by atoms with Gasteiger partial charge in [-0.25, -0.2) is 0 Å². The van der Waals surface area contributed by atoms with Gasteiger partial charge in [0, 0.05) is 19.2 Å². The van der Waals surface area contributed by atoms with Crippen LogP contribution in [-0.4, -0.2) is 37.0 Å². The van der Waals surface area contributed by atoms with Crippen LogP contribution in [0.3, 0.4) is 0 Å². The fourth-order valence-corrected chi connectivity index (χ4v) is 1.19. The highest BCUT2D eigenvalue weighted by atomic mass is 16.5. The smallest absolute Gasteiger partial charge is 0.0897 e. The molecule has 80 valence electrons. The molecule has 0 bridgehead atoms. The third kappa shape index (κ3) is 8.22. The number of nitrogens with one attached hydrogen (secondary N) is 1. The van der Waals surface area contributed by atoms with Gasteiger partial charge in [0.1, 0.15) is 0 Å². The van der Waals surface area contributed by atoms with Gasteiger partial charge in [-0.05, 0) is 20.3 Å². The van der Waals surface area contributed by atoms with Gasteiger partial charge in [-0.3, -0.25) is 0 Å². The van der Waals surface area contributed by atoms with Gasteiger partial charge >= 0.3 is 0 Å². The van der Waals surface area contributed by atoms with E-state index in [0.717, 1.165) is 6.42 Å². The molecular formula is C10H23NO2. The molecule has 2 N–H and O–H groups in total. The van der Waals surface area contributed by atoms with E-state index in [0.29, 0.717) is 25.8 Å². The van der Waals surface area contributed by atoms with E-state index < -0.39 is 0 Å². The number of rotatable bonds is 8. The lowest BCUT2D eigenvalue weighted by Crippen LogP contribution is -2.35. The molecule has 0 rings (SSSR count). The summed E-state index contributed by atoms with van der Waals surface area (Å²) in [6.07, 6.45) is 1.95. The number of hydrogen-bond acceptors (Lipinski definition) is 3. The number of ether oxygens (including phenoxy) is 1. The molecule has 0 heterocycles. The maximum atomic E-state index is 9.41. The minimum absolute atomic E-state index is 0.376. The first-order valence-corrected chi connectivity index (χ1v) is 5.19. The van der Waals surface area contributed by atoms with Crippen molar-refractivity contribution in [1.29, 1.82) is 0 Å². The Bertz CT molecular complexity index is 109. The summed E-state index contributed by atoms with van der Waals surface area (Å²) in [6.45, 7) is 7.96. The molecule has 0 aromatic carbocycles. The van der Waals surface area contributed by atoms with Crippen molar-refractivity contribution in [2.75, 3.05) is 19.8 Å². The molecule has 0 aliphatic carbocycles. The van der Waals surface area contributed by atoms with Gasteiger partial charge in [-0.2, -0.15) is 0 Å². The average Bonchev–Trinajstić information content (AvgIpc) is 2.12. The van der Waals surface area contributed by atoms with Crippen LogP contribution < -0.4 is 5.32 Å². The summed E-state index contributed by atoms with van der Waals surface area (Å²) in [6, 6.07) is 0.487. The molecule has 0 saturated heterocycles. The Balaban J connectivity index is 3.29. The zero-order valence-corrected chi connectivity index (χ0v) is 9.05. The molecule has 0 spiro atoms. The molecule has 0 aliphatic heterocycles. The molecule has 0 fully saturated rings. The maximum Gasteiger partial charge on any atom is 0.0897 e. The summed E-state index contributed by atoms with van der Waals surface area (Å²) >= 11 is 0. The van der Waals surface area contributed by atoms with Crippen LogP contribution in [0.1, 0.15) is 33.6 Å². The Morgan fingerprint density at radius 3 is 2.62 bits per heavy atom. The van der Waals surface area contributed by atoms with Crippen molar-refractivity contribution in [3.05, 3.63) is 0 Å². The largest absolute Gasteiger partial charge is 0.389 e. The zero-order chi connectivity index (χ0) is 10.1. The molecule has 0 radical (unpaired) electrons. The first-order chi connectivity index (χ1) is 6.20. The lowest BCUT2D eigenvalue weighted by molar-refractivity contribution is 0.0415. The minimum atomic E-state index is -0.376. The second-order valence-electron chi connectivity index (χ2n) is 3.41. The summed E-state index contributed by atoms with van der Waals surface area (Å²) in [7, 11) is 0. The van der Waals surface area contributed by atoms with E-state index in [1.807, 2.05) is 6.92 Å². The van der Waals surface area contributed by atoms with Crippen molar-refractivity contribution in [3.8, 4) is 0 Å². The molecule has 2 atom stereocenters. The van der Waals surface area contributed by atoms with E-state index in [2.05, 4.69) is 19.2 Å². The summed E-state index contributed by atoms with van der Waals surface area (Å²) in [5.41, 5.74) is 0. The monoisotopic (exact) mass is 189 g/mol. The molecule has 0 aromatic rings. The van der Waals surface area contributed by atoms with E-state index in [9.17, 15) is 5.11 Å². The SMILES string of the molecule is CCCC(C)NCC(O)COCC. The third-order valence-electron chi connectivity index (χ3n) is 1.94. The van der Waals surface area contributed by atoms with E-state index in [1.165, 1.54) is 6.42 Å². The Labute approximate surface area is 81.5 Å². The highest BCUT2D eigenvalue weighted by molar-refractivity contribution is 4.64. The van der Waals surface area contributed by atoms with Crippen molar-refractivity contribution in [3.63, 3.8) is 0 Å². The summed E-state index contributed by atoms with van der Waals surface area (Å²) in [5, 5.41) is 12.7. The van der Waals surface area contributed by atoms with Crippen LogP contribution in [0.4, 0.5) is 0 Å². The average molecular weight is 189 g/mol. The fraction of sp³-hybridized carbons (Fsp3) is 1.00. The van der Waals surface area contributed by atoms with Crippen LogP contribution in [0.25, 0.3) is 0 Å². The van der Waals surface area contributed by atoms with Gasteiger partial charge in [-0.1, -0.05) is 13.3 Å². The topological polar surface area (TPSA) is 41.5 Å². The second-order valence-corrected chi connectivity index (χ2v) is 3.41. The number of hydrogen-bond donors (Lipinski definition) is 2. The van der Waals surface area contributed by atoms with Gasteiger partial charge in [0.2, 0.25) is 0 Å². The number of aliphatic hydroxyl groups is 1. The molecular weight excluding hydrogens is 166 g/mol. The first kappa shape index (κ1) is 12.9. The van der Waals surface area contributed by atoms with E-state index in [1.54, 1.807) is 0 Å². The Morgan fingerprint density at radius 2 is 2.08 bits per heavy atom. The van der Waals surface area contributed by atoms with Crippen LogP contribution in [0.15, 0.2) is 0 Å². The van der Waals surface area contributed by atoms with Crippen LogP contribution in [0.2, 0.25) is 0 Å². The van der Waals surface area contributed by atoms with Crippen molar-refractivity contribution in [2.45, 2.75) is 45.8 Å². The summed E-state index contributed by atoms with van der Waals surface area (Å²) < 4.78 is 5.10. The van der Waals surface area contributed by atoms with Gasteiger partial charge in [0.05, 0.1) is 12.7 Å². The van der Waals surface area contributed by atoms with Gasteiger partial charge in [-0.15, -0.1) is 0 Å². The molecule has 0 aliphatic rings. The van der Waals surface area contributed by atoms with Crippen molar-refractivity contribution >= 4 is 0 Å². The molecule has 0 aromatic heterocycles. The summed E-state index contributed by atoms with van der Waals surface area (Å²) in [4.78, 5) is 0. The quantitative estimate of drug-likeness (QED) is 0.602. The highest BCUT2D eigenvalue weighted by Crippen LogP contribution is 1.94. The Morgan fingerprint density at radius 1 is 1.38 bits per heavy atom. The van der Waals surface area contributed by atoms with Gasteiger partial charge < -0.3 is 15.2 Å². The predicted molar refractivity (Wildman–Crippen MR) is 54.9 cm³/mol. The summed E-state index contributed by atoms with van der Waals surface area (Å²) in [5.74, 6) is 0. The fourth-order valence-electron chi connectivity index (χ4n) is 1.19. The van der Waals surface area contributed by atoms with Crippen molar-refractivity contribution in [1.82, 2.24) is 5.32 Å². The molecule has 13 heavy (non-hydrogen) atoms. The van der Waals surface area contributed by atoms with E-state index in [4.69, 9.17) is 4.74 Å². The van der Waals surface area contributed by atoms with Gasteiger partial charge in [0.15, 0.2) is 0 Å². The lowest BCUT2D eigenvalue weighted by Gasteiger charge is -2.16. The first-order valence-electron chi connectivity index (χ1n) is 5.19. The van der Waals surface area contributed by atoms with E-state index in [-0.39, 0.29) is 6.10 Å². The third-order valence-corrected chi connectivity index (χ3v) is 1.94. The highest BCUT2D eigenvalue weighted by Gasteiger charge is 2.05. The van der Waals surface area contributed by atoms with Crippen LogP contribution >= 0.6 is 0 Å². The minimum Gasteiger partial charge on any atom is -0.389 e. The normalized spacial score (nSPS) is 15.7. The Kier molecular flexibility index (Phi) is 8.40. The molecule has 0 saturated carbocycles. The van der Waals surface area contributed by atoms with Crippen LogP contribution in [0.5, 0.6) is 0 Å². The second kappa shape index (κ2) is 8.48. The van der Waals surface area contributed by atoms with Crippen LogP contribution in [0, 0.1) is 0 Å². The molecule has 2 unspecified atom stereocenters. The molecule has 3 nitrogen and oxygen atoms in total. The van der Waals surface area contributed by atoms with Crippen LogP contribution in [-0.2, 0) is 4.74 Å². The lowest BCUT2D eigenvalue weighted by atomic mass is 10.2. The molecule has 0 amide bonds. The predicted octanol–water partition coefficient (Wildman–Crippen LogP) is 1.16.